The van der Waals surface area contributed by atoms with Crippen LogP contribution in [0.1, 0.15) is 19.4 Å². The molecule has 1 aliphatic rings. The van der Waals surface area contributed by atoms with E-state index in [1.165, 1.54) is 11.3 Å². The van der Waals surface area contributed by atoms with Gasteiger partial charge in [0.25, 0.3) is 0 Å². The average Bonchev–Trinajstić information content (AvgIpc) is 2.40. The van der Waals surface area contributed by atoms with E-state index in [4.69, 9.17) is 4.74 Å². The number of nitrogens with one attached hydrogen (secondary N) is 1. The van der Waals surface area contributed by atoms with Gasteiger partial charge in [0.15, 0.2) is 0 Å². The molecule has 1 aromatic carbocycles. The van der Waals surface area contributed by atoms with E-state index < -0.39 is 0 Å². The van der Waals surface area contributed by atoms with E-state index in [2.05, 4.69) is 48.3 Å². The van der Waals surface area contributed by atoms with E-state index in [1.807, 2.05) is 0 Å². The molecule has 0 saturated carbocycles. The molecule has 0 bridgehead atoms. The highest BCUT2D eigenvalue weighted by molar-refractivity contribution is 5.54. The standard InChI is InChI=1S/C15H24N2O/c1-12(2)15-10-16-8-9-17(15)14-7-5-4-6-13(14)11-18-3/h4-7,12,15-16H,8-11H2,1-3H3. The number of piperazine rings is 1. The van der Waals surface area contributed by atoms with Crippen LogP contribution in [0.3, 0.4) is 0 Å². The highest BCUT2D eigenvalue weighted by Crippen LogP contribution is 2.26. The highest BCUT2D eigenvalue weighted by Gasteiger charge is 2.26. The average molecular weight is 248 g/mol. The zero-order valence-corrected chi connectivity index (χ0v) is 11.6. The minimum absolute atomic E-state index is 0.566. The summed E-state index contributed by atoms with van der Waals surface area (Å²) in [6, 6.07) is 9.16. The monoisotopic (exact) mass is 248 g/mol. The molecule has 100 valence electrons. The van der Waals surface area contributed by atoms with Crippen LogP contribution >= 0.6 is 0 Å². The normalized spacial score (nSPS) is 20.4. The Morgan fingerprint density at radius 3 is 2.89 bits per heavy atom. The van der Waals surface area contributed by atoms with Crippen molar-refractivity contribution < 1.29 is 4.74 Å². The van der Waals surface area contributed by atoms with Crippen LogP contribution in [0.4, 0.5) is 5.69 Å². The molecule has 0 radical (unpaired) electrons. The summed E-state index contributed by atoms with van der Waals surface area (Å²) in [5, 5.41) is 3.49. The zero-order valence-electron chi connectivity index (χ0n) is 11.6. The van der Waals surface area contributed by atoms with E-state index in [0.29, 0.717) is 18.6 Å². The summed E-state index contributed by atoms with van der Waals surface area (Å²) in [6.45, 7) is 8.48. The molecule has 1 N–H and O–H groups in total. The topological polar surface area (TPSA) is 24.5 Å². The van der Waals surface area contributed by atoms with Gasteiger partial charge in [0.05, 0.1) is 6.61 Å². The lowest BCUT2D eigenvalue weighted by atomic mass is 9.98. The predicted molar refractivity (Wildman–Crippen MR) is 76.0 cm³/mol. The number of hydrogen-bond acceptors (Lipinski definition) is 3. The molecule has 0 spiro atoms. The van der Waals surface area contributed by atoms with Crippen molar-refractivity contribution in [2.24, 2.45) is 5.92 Å². The molecule has 3 nitrogen and oxygen atoms in total. The van der Waals surface area contributed by atoms with Gasteiger partial charge in [-0.25, -0.2) is 0 Å². The first-order valence-electron chi connectivity index (χ1n) is 6.78. The number of hydrogen-bond donors (Lipinski definition) is 1. The molecule has 0 aliphatic carbocycles. The van der Waals surface area contributed by atoms with Gasteiger partial charge >= 0.3 is 0 Å². The zero-order chi connectivity index (χ0) is 13.0. The maximum Gasteiger partial charge on any atom is 0.0733 e. The van der Waals surface area contributed by atoms with Crippen molar-refractivity contribution in [3.8, 4) is 0 Å². The van der Waals surface area contributed by atoms with Gasteiger partial charge in [0, 0.05) is 44.0 Å². The van der Waals surface area contributed by atoms with Crippen LogP contribution < -0.4 is 10.2 Å². The van der Waals surface area contributed by atoms with Crippen LogP contribution in [0, 0.1) is 5.92 Å². The predicted octanol–water partition coefficient (Wildman–Crippen LogP) is 2.27. The largest absolute Gasteiger partial charge is 0.380 e. The van der Waals surface area contributed by atoms with Gasteiger partial charge in [0.2, 0.25) is 0 Å². The van der Waals surface area contributed by atoms with Gasteiger partial charge in [-0.3, -0.25) is 0 Å². The number of rotatable bonds is 4. The fourth-order valence-electron chi connectivity index (χ4n) is 2.69. The molecule has 1 atom stereocenters. The summed E-state index contributed by atoms with van der Waals surface area (Å²) in [5.41, 5.74) is 2.62. The third-order valence-electron chi connectivity index (χ3n) is 3.65. The number of nitrogens with zero attached hydrogens (tertiary/aromatic N) is 1. The summed E-state index contributed by atoms with van der Waals surface area (Å²) < 4.78 is 5.31. The Morgan fingerprint density at radius 2 is 2.17 bits per heavy atom. The van der Waals surface area contributed by atoms with Gasteiger partial charge in [-0.05, 0) is 12.0 Å². The fourth-order valence-corrected chi connectivity index (χ4v) is 2.69. The first-order valence-corrected chi connectivity index (χ1v) is 6.78. The Balaban J connectivity index is 2.27. The highest BCUT2D eigenvalue weighted by atomic mass is 16.5. The number of anilines is 1. The number of para-hydroxylation sites is 1. The Hall–Kier alpha value is -1.06. The first kappa shape index (κ1) is 13.4. The van der Waals surface area contributed by atoms with Crippen molar-refractivity contribution in [1.29, 1.82) is 0 Å². The van der Waals surface area contributed by atoms with E-state index in [-0.39, 0.29) is 0 Å². The Kier molecular flexibility index (Phi) is 4.61. The van der Waals surface area contributed by atoms with Crippen LogP contribution in [0.15, 0.2) is 24.3 Å². The van der Waals surface area contributed by atoms with Crippen LogP contribution in [0.2, 0.25) is 0 Å². The van der Waals surface area contributed by atoms with Crippen molar-refractivity contribution in [2.45, 2.75) is 26.5 Å². The van der Waals surface area contributed by atoms with Crippen LogP contribution in [-0.4, -0.2) is 32.8 Å². The van der Waals surface area contributed by atoms with Crippen LogP contribution in [0.25, 0.3) is 0 Å². The smallest absolute Gasteiger partial charge is 0.0733 e. The van der Waals surface area contributed by atoms with Crippen molar-refractivity contribution in [2.75, 3.05) is 31.6 Å². The molecular weight excluding hydrogens is 224 g/mol. The summed E-state index contributed by atoms with van der Waals surface area (Å²) in [4.78, 5) is 2.54. The lowest BCUT2D eigenvalue weighted by molar-refractivity contribution is 0.185. The summed E-state index contributed by atoms with van der Waals surface area (Å²) >= 11 is 0. The number of benzene rings is 1. The molecule has 1 heterocycles. The van der Waals surface area contributed by atoms with Gasteiger partial charge in [-0.15, -0.1) is 0 Å². The van der Waals surface area contributed by atoms with E-state index in [1.54, 1.807) is 7.11 Å². The SMILES string of the molecule is COCc1ccccc1N1CCNCC1C(C)C. The minimum Gasteiger partial charge on any atom is -0.380 e. The van der Waals surface area contributed by atoms with E-state index in [9.17, 15) is 0 Å². The molecule has 18 heavy (non-hydrogen) atoms. The second-order valence-electron chi connectivity index (χ2n) is 5.27. The Labute approximate surface area is 110 Å². The third kappa shape index (κ3) is 2.85. The maximum absolute atomic E-state index is 5.31. The number of methoxy groups -OCH3 is 1. The summed E-state index contributed by atoms with van der Waals surface area (Å²) in [7, 11) is 1.76. The van der Waals surface area contributed by atoms with Crippen LogP contribution in [0.5, 0.6) is 0 Å². The van der Waals surface area contributed by atoms with Crippen molar-refractivity contribution >= 4 is 5.69 Å². The van der Waals surface area contributed by atoms with Crippen molar-refractivity contribution in [3.63, 3.8) is 0 Å². The van der Waals surface area contributed by atoms with Gasteiger partial charge < -0.3 is 15.0 Å². The third-order valence-corrected chi connectivity index (χ3v) is 3.65. The summed E-state index contributed by atoms with van der Waals surface area (Å²) in [5.74, 6) is 0.647. The second kappa shape index (κ2) is 6.21. The summed E-state index contributed by atoms with van der Waals surface area (Å²) in [6.07, 6.45) is 0. The van der Waals surface area contributed by atoms with E-state index in [0.717, 1.165) is 19.6 Å². The van der Waals surface area contributed by atoms with E-state index >= 15 is 0 Å². The molecule has 0 amide bonds. The molecule has 0 aromatic heterocycles. The number of ether oxygens (including phenoxy) is 1. The molecule has 1 saturated heterocycles. The maximum atomic E-state index is 5.31. The lowest BCUT2D eigenvalue weighted by Crippen LogP contribution is -2.54. The fraction of sp³-hybridized carbons (Fsp3) is 0.600. The Morgan fingerprint density at radius 1 is 1.39 bits per heavy atom. The molecule has 1 unspecified atom stereocenters. The molecule has 1 aromatic rings. The molecule has 1 aliphatic heterocycles. The quantitative estimate of drug-likeness (QED) is 0.884. The van der Waals surface area contributed by atoms with Gasteiger partial charge in [-0.1, -0.05) is 32.0 Å². The molecule has 3 heteroatoms. The van der Waals surface area contributed by atoms with Crippen LogP contribution in [-0.2, 0) is 11.3 Å². The van der Waals surface area contributed by atoms with Gasteiger partial charge in [-0.2, -0.15) is 0 Å². The molecule has 2 rings (SSSR count). The molecule has 1 fully saturated rings. The Bertz CT molecular complexity index is 379. The minimum atomic E-state index is 0.566. The lowest BCUT2D eigenvalue weighted by Gasteiger charge is -2.41. The second-order valence-corrected chi connectivity index (χ2v) is 5.27. The van der Waals surface area contributed by atoms with Crippen molar-refractivity contribution in [1.82, 2.24) is 5.32 Å². The molecular formula is C15H24N2O. The van der Waals surface area contributed by atoms with Crippen molar-refractivity contribution in [3.05, 3.63) is 29.8 Å². The first-order chi connectivity index (χ1) is 8.74. The van der Waals surface area contributed by atoms with Gasteiger partial charge in [0.1, 0.15) is 0 Å².